The molecule has 0 fully saturated rings. The summed E-state index contributed by atoms with van der Waals surface area (Å²) in [6.07, 6.45) is 2.90. The first-order chi connectivity index (χ1) is 6.16. The van der Waals surface area contributed by atoms with Crippen LogP contribution in [-0.4, -0.2) is 0 Å². The molecule has 0 aliphatic heterocycles. The predicted molar refractivity (Wildman–Crippen MR) is 52.9 cm³/mol. The zero-order valence-corrected chi connectivity index (χ0v) is 7.60. The molecule has 1 aliphatic rings. The van der Waals surface area contributed by atoms with Gasteiger partial charge in [-0.05, 0) is 42.2 Å². The average molecular weight is 174 g/mol. The summed E-state index contributed by atoms with van der Waals surface area (Å²) in [7, 11) is 0. The standard InChI is InChI=1S/C12H11F/c1-8(2)10-5-9-3-4-12(13)7-11(9)6-10/h3-5,7H,1,6H2,2H3. The van der Waals surface area contributed by atoms with Crippen LogP contribution in [0.3, 0.4) is 0 Å². The van der Waals surface area contributed by atoms with Crippen molar-refractivity contribution < 1.29 is 4.39 Å². The summed E-state index contributed by atoms with van der Waals surface area (Å²) in [5.74, 6) is -0.157. The third kappa shape index (κ3) is 1.42. The minimum absolute atomic E-state index is 0.157. The van der Waals surface area contributed by atoms with Gasteiger partial charge in [0.05, 0.1) is 0 Å². The van der Waals surface area contributed by atoms with Crippen LogP contribution in [0.1, 0.15) is 18.1 Å². The molecule has 66 valence electrons. The van der Waals surface area contributed by atoms with E-state index in [4.69, 9.17) is 0 Å². The van der Waals surface area contributed by atoms with Gasteiger partial charge in [-0.3, -0.25) is 0 Å². The smallest absolute Gasteiger partial charge is 0.123 e. The Morgan fingerprint density at radius 1 is 1.46 bits per heavy atom. The monoisotopic (exact) mass is 174 g/mol. The summed E-state index contributed by atoms with van der Waals surface area (Å²) >= 11 is 0. The van der Waals surface area contributed by atoms with Crippen LogP contribution in [0, 0.1) is 5.82 Å². The van der Waals surface area contributed by atoms with Crippen molar-refractivity contribution in [2.24, 2.45) is 0 Å². The fourth-order valence-corrected chi connectivity index (χ4v) is 1.59. The van der Waals surface area contributed by atoms with Crippen molar-refractivity contribution in [2.75, 3.05) is 0 Å². The molecule has 0 saturated heterocycles. The van der Waals surface area contributed by atoms with E-state index in [1.165, 1.54) is 11.6 Å². The molecule has 0 spiro atoms. The lowest BCUT2D eigenvalue weighted by atomic mass is 10.1. The minimum atomic E-state index is -0.157. The van der Waals surface area contributed by atoms with E-state index in [0.717, 1.165) is 23.1 Å². The molecule has 0 bridgehead atoms. The van der Waals surface area contributed by atoms with Gasteiger partial charge < -0.3 is 0 Å². The van der Waals surface area contributed by atoms with Crippen molar-refractivity contribution in [3.05, 3.63) is 52.9 Å². The normalized spacial score (nSPS) is 13.8. The second-order valence-corrected chi connectivity index (χ2v) is 3.47. The number of allylic oxidation sites excluding steroid dienone is 2. The molecular weight excluding hydrogens is 163 g/mol. The van der Waals surface area contributed by atoms with Crippen LogP contribution in [0.15, 0.2) is 35.9 Å². The van der Waals surface area contributed by atoms with E-state index in [1.807, 2.05) is 13.0 Å². The Morgan fingerprint density at radius 2 is 2.23 bits per heavy atom. The molecule has 1 aliphatic carbocycles. The third-order valence-corrected chi connectivity index (χ3v) is 2.36. The first-order valence-corrected chi connectivity index (χ1v) is 4.32. The van der Waals surface area contributed by atoms with Crippen LogP contribution < -0.4 is 0 Å². The van der Waals surface area contributed by atoms with Crippen LogP contribution >= 0.6 is 0 Å². The molecule has 1 aromatic rings. The van der Waals surface area contributed by atoms with E-state index in [2.05, 4.69) is 12.7 Å². The van der Waals surface area contributed by atoms with E-state index >= 15 is 0 Å². The second-order valence-electron chi connectivity index (χ2n) is 3.47. The molecular formula is C12H11F. The molecule has 0 nitrogen and oxygen atoms in total. The first-order valence-electron chi connectivity index (χ1n) is 4.32. The van der Waals surface area contributed by atoms with E-state index in [1.54, 1.807) is 6.07 Å². The maximum absolute atomic E-state index is 12.8. The lowest BCUT2D eigenvalue weighted by Gasteiger charge is -1.99. The van der Waals surface area contributed by atoms with Gasteiger partial charge in [-0.25, -0.2) is 4.39 Å². The van der Waals surface area contributed by atoms with Gasteiger partial charge in [0.2, 0.25) is 0 Å². The van der Waals surface area contributed by atoms with Gasteiger partial charge in [0.1, 0.15) is 5.82 Å². The summed E-state index contributed by atoms with van der Waals surface area (Å²) < 4.78 is 12.8. The van der Waals surface area contributed by atoms with Gasteiger partial charge in [-0.1, -0.05) is 24.3 Å². The molecule has 0 atom stereocenters. The second kappa shape index (κ2) is 2.84. The Morgan fingerprint density at radius 3 is 2.92 bits per heavy atom. The van der Waals surface area contributed by atoms with E-state index in [0.29, 0.717) is 0 Å². The fraction of sp³-hybridized carbons (Fsp3) is 0.167. The lowest BCUT2D eigenvalue weighted by Crippen LogP contribution is -1.86. The Bertz CT molecular complexity index is 400. The molecule has 0 amide bonds. The fourth-order valence-electron chi connectivity index (χ4n) is 1.59. The molecule has 0 radical (unpaired) electrons. The number of hydrogen-bond acceptors (Lipinski definition) is 0. The van der Waals surface area contributed by atoms with E-state index in [9.17, 15) is 4.39 Å². The maximum Gasteiger partial charge on any atom is 0.123 e. The highest BCUT2D eigenvalue weighted by Crippen LogP contribution is 2.28. The molecule has 13 heavy (non-hydrogen) atoms. The van der Waals surface area contributed by atoms with Crippen molar-refractivity contribution in [1.82, 2.24) is 0 Å². The Hall–Kier alpha value is -1.37. The lowest BCUT2D eigenvalue weighted by molar-refractivity contribution is 0.626. The molecule has 2 rings (SSSR count). The van der Waals surface area contributed by atoms with Crippen LogP contribution in [0.5, 0.6) is 0 Å². The van der Waals surface area contributed by atoms with Gasteiger partial charge in [-0.15, -0.1) is 0 Å². The summed E-state index contributed by atoms with van der Waals surface area (Å²) in [4.78, 5) is 0. The SMILES string of the molecule is C=C(C)C1=Cc2ccc(F)cc2C1. The zero-order chi connectivity index (χ0) is 9.42. The number of fused-ring (bicyclic) bond motifs is 1. The molecule has 0 N–H and O–H groups in total. The highest BCUT2D eigenvalue weighted by molar-refractivity contribution is 5.67. The minimum Gasteiger partial charge on any atom is -0.207 e. The predicted octanol–water partition coefficient (Wildman–Crippen LogP) is 3.34. The summed E-state index contributed by atoms with van der Waals surface area (Å²) in [5.41, 5.74) is 4.47. The summed E-state index contributed by atoms with van der Waals surface area (Å²) in [6.45, 7) is 5.86. The summed E-state index contributed by atoms with van der Waals surface area (Å²) in [6, 6.07) is 4.92. The van der Waals surface area contributed by atoms with Crippen molar-refractivity contribution >= 4 is 6.08 Å². The Balaban J connectivity index is 2.41. The number of hydrogen-bond donors (Lipinski definition) is 0. The zero-order valence-electron chi connectivity index (χ0n) is 7.60. The third-order valence-electron chi connectivity index (χ3n) is 2.36. The average Bonchev–Trinajstić information content (AvgIpc) is 2.46. The van der Waals surface area contributed by atoms with Crippen molar-refractivity contribution in [1.29, 1.82) is 0 Å². The van der Waals surface area contributed by atoms with Crippen molar-refractivity contribution in [3.8, 4) is 0 Å². The first kappa shape index (κ1) is 8.24. The van der Waals surface area contributed by atoms with Gasteiger partial charge in [0, 0.05) is 0 Å². The number of benzene rings is 1. The number of halogens is 1. The van der Waals surface area contributed by atoms with Crippen LogP contribution in [0.25, 0.3) is 6.08 Å². The van der Waals surface area contributed by atoms with Crippen LogP contribution in [-0.2, 0) is 6.42 Å². The van der Waals surface area contributed by atoms with Crippen molar-refractivity contribution in [3.63, 3.8) is 0 Å². The van der Waals surface area contributed by atoms with E-state index < -0.39 is 0 Å². The van der Waals surface area contributed by atoms with E-state index in [-0.39, 0.29) is 5.82 Å². The maximum atomic E-state index is 12.8. The molecule has 0 heterocycles. The topological polar surface area (TPSA) is 0 Å². The van der Waals surface area contributed by atoms with Gasteiger partial charge in [0.15, 0.2) is 0 Å². The molecule has 0 saturated carbocycles. The van der Waals surface area contributed by atoms with Crippen LogP contribution in [0.2, 0.25) is 0 Å². The molecule has 0 aromatic heterocycles. The highest BCUT2D eigenvalue weighted by Gasteiger charge is 2.12. The Kier molecular flexibility index (Phi) is 1.80. The highest BCUT2D eigenvalue weighted by atomic mass is 19.1. The largest absolute Gasteiger partial charge is 0.207 e. The molecule has 1 aromatic carbocycles. The molecule has 0 unspecified atom stereocenters. The quantitative estimate of drug-likeness (QED) is 0.612. The van der Waals surface area contributed by atoms with Gasteiger partial charge >= 0.3 is 0 Å². The summed E-state index contributed by atoms with van der Waals surface area (Å²) in [5, 5.41) is 0. The molecule has 1 heteroatoms. The van der Waals surface area contributed by atoms with Gasteiger partial charge in [-0.2, -0.15) is 0 Å². The number of rotatable bonds is 1. The van der Waals surface area contributed by atoms with Crippen LogP contribution in [0.4, 0.5) is 4.39 Å². The Labute approximate surface area is 77.4 Å². The van der Waals surface area contributed by atoms with Crippen molar-refractivity contribution in [2.45, 2.75) is 13.3 Å². The van der Waals surface area contributed by atoms with Gasteiger partial charge in [0.25, 0.3) is 0 Å².